The minimum atomic E-state index is 0.168. The van der Waals surface area contributed by atoms with Crippen LogP contribution >= 0.6 is 11.6 Å². The van der Waals surface area contributed by atoms with E-state index < -0.39 is 0 Å². The summed E-state index contributed by atoms with van der Waals surface area (Å²) in [7, 11) is 1.68. The van der Waals surface area contributed by atoms with Crippen LogP contribution in [0.15, 0.2) is 12.3 Å². The molecular weight excluding hydrogens is 242 g/mol. The number of halogens is 1. The highest BCUT2D eigenvalue weighted by atomic mass is 35.5. The normalized spacial score (nSPS) is 20.6. The monoisotopic (exact) mass is 257 g/mol. The summed E-state index contributed by atoms with van der Waals surface area (Å²) in [6, 6.07) is 1.96. The van der Waals surface area contributed by atoms with Crippen LogP contribution in [0.25, 0.3) is 0 Å². The van der Waals surface area contributed by atoms with Crippen LogP contribution < -0.4 is 10.6 Å². The maximum absolute atomic E-state index is 5.86. The lowest BCUT2D eigenvalue weighted by molar-refractivity contribution is 0.0598. The van der Waals surface area contributed by atoms with Crippen LogP contribution in [0.3, 0.4) is 0 Å². The third-order valence-corrected chi connectivity index (χ3v) is 3.07. The number of nitrogens with zero attached hydrogens (tertiary/aromatic N) is 2. The van der Waals surface area contributed by atoms with Crippen LogP contribution in [0.4, 0.5) is 11.5 Å². The first-order valence-electron chi connectivity index (χ1n) is 5.46. The Kier molecular flexibility index (Phi) is 4.04. The summed E-state index contributed by atoms with van der Waals surface area (Å²) >= 11 is 5.86. The van der Waals surface area contributed by atoms with Gasteiger partial charge in [0.2, 0.25) is 0 Å². The first-order chi connectivity index (χ1) is 8.22. The molecule has 2 rings (SSSR count). The molecule has 1 aromatic rings. The van der Waals surface area contributed by atoms with E-state index in [0.717, 1.165) is 12.4 Å². The predicted octanol–water partition coefficient (Wildman–Crippen LogP) is 1.17. The number of morpholine rings is 1. The fraction of sp³-hybridized carbons (Fsp3) is 0.545. The molecule has 6 heteroatoms. The Morgan fingerprint density at radius 2 is 2.53 bits per heavy atom. The number of aromatic nitrogens is 1. The van der Waals surface area contributed by atoms with Gasteiger partial charge in [0.05, 0.1) is 36.6 Å². The molecule has 0 spiro atoms. The number of rotatable bonds is 3. The van der Waals surface area contributed by atoms with E-state index in [1.165, 1.54) is 0 Å². The van der Waals surface area contributed by atoms with Gasteiger partial charge in [0.25, 0.3) is 0 Å². The van der Waals surface area contributed by atoms with Crippen molar-refractivity contribution in [1.29, 1.82) is 0 Å². The number of ether oxygens (including phenoxy) is 2. The van der Waals surface area contributed by atoms with Crippen molar-refractivity contribution in [1.82, 2.24) is 4.98 Å². The summed E-state index contributed by atoms with van der Waals surface area (Å²) in [5.41, 5.74) is 6.33. The largest absolute Gasteiger partial charge is 0.397 e. The predicted molar refractivity (Wildman–Crippen MR) is 67.5 cm³/mol. The molecule has 1 fully saturated rings. The van der Waals surface area contributed by atoms with Gasteiger partial charge in [0, 0.05) is 25.9 Å². The minimum absolute atomic E-state index is 0.168. The third-order valence-electron chi connectivity index (χ3n) is 2.75. The van der Waals surface area contributed by atoms with Crippen molar-refractivity contribution >= 4 is 23.1 Å². The smallest absolute Gasteiger partial charge is 0.131 e. The molecule has 1 saturated heterocycles. The second-order valence-electron chi connectivity index (χ2n) is 3.94. The molecule has 1 aliphatic heterocycles. The number of pyridine rings is 1. The van der Waals surface area contributed by atoms with Crippen LogP contribution in [0.2, 0.25) is 5.02 Å². The lowest BCUT2D eigenvalue weighted by Crippen LogP contribution is -2.48. The molecule has 0 bridgehead atoms. The standard InChI is InChI=1S/C11H16ClN3O2/c1-16-6-8-7-17-3-2-15(8)11-4-10(13)9(12)5-14-11/h4-5,8H,2-3,6-7H2,1H3,(H2,13,14)/t8-/m0/s1. The molecule has 1 aromatic heterocycles. The van der Waals surface area contributed by atoms with Crippen LogP contribution in [0.1, 0.15) is 0 Å². The quantitative estimate of drug-likeness (QED) is 0.881. The fourth-order valence-electron chi connectivity index (χ4n) is 1.89. The third kappa shape index (κ3) is 2.80. The van der Waals surface area contributed by atoms with Gasteiger partial charge in [0.15, 0.2) is 0 Å². The number of hydrogen-bond donors (Lipinski definition) is 1. The van der Waals surface area contributed by atoms with E-state index in [4.69, 9.17) is 26.8 Å². The van der Waals surface area contributed by atoms with Crippen molar-refractivity contribution < 1.29 is 9.47 Å². The summed E-state index contributed by atoms with van der Waals surface area (Å²) < 4.78 is 10.6. The Bertz CT molecular complexity index is 387. The van der Waals surface area contributed by atoms with Gasteiger partial charge in [-0.3, -0.25) is 0 Å². The second-order valence-corrected chi connectivity index (χ2v) is 4.35. The van der Waals surface area contributed by atoms with Crippen molar-refractivity contribution in [2.75, 3.05) is 44.1 Å². The zero-order chi connectivity index (χ0) is 12.3. The van der Waals surface area contributed by atoms with Crippen molar-refractivity contribution in [3.05, 3.63) is 17.3 Å². The highest BCUT2D eigenvalue weighted by molar-refractivity contribution is 6.32. The summed E-state index contributed by atoms with van der Waals surface area (Å²) in [6.07, 6.45) is 1.57. The molecular formula is C11H16ClN3O2. The molecule has 2 N–H and O–H groups in total. The van der Waals surface area contributed by atoms with Gasteiger partial charge in [-0.2, -0.15) is 0 Å². The highest BCUT2D eigenvalue weighted by Gasteiger charge is 2.24. The highest BCUT2D eigenvalue weighted by Crippen LogP contribution is 2.24. The summed E-state index contributed by atoms with van der Waals surface area (Å²) in [5, 5.41) is 0.477. The molecule has 1 aliphatic rings. The van der Waals surface area contributed by atoms with Crippen LogP contribution in [-0.4, -0.2) is 44.5 Å². The number of nitrogen functional groups attached to an aromatic ring is 1. The van der Waals surface area contributed by atoms with E-state index in [1.807, 2.05) is 0 Å². The van der Waals surface area contributed by atoms with Gasteiger partial charge in [-0.15, -0.1) is 0 Å². The Balaban J connectivity index is 2.20. The van der Waals surface area contributed by atoms with Gasteiger partial charge in [-0.05, 0) is 0 Å². The van der Waals surface area contributed by atoms with Crippen LogP contribution in [-0.2, 0) is 9.47 Å². The van der Waals surface area contributed by atoms with Gasteiger partial charge in [-0.25, -0.2) is 4.98 Å². The average molecular weight is 258 g/mol. The number of anilines is 2. The molecule has 0 radical (unpaired) electrons. The molecule has 5 nitrogen and oxygen atoms in total. The number of methoxy groups -OCH3 is 1. The molecule has 0 unspecified atom stereocenters. The van der Waals surface area contributed by atoms with E-state index >= 15 is 0 Å². The molecule has 0 aliphatic carbocycles. The van der Waals surface area contributed by atoms with E-state index in [0.29, 0.717) is 30.5 Å². The second kappa shape index (κ2) is 5.53. The van der Waals surface area contributed by atoms with Crippen LogP contribution in [0, 0.1) is 0 Å². The Morgan fingerprint density at radius 1 is 1.71 bits per heavy atom. The van der Waals surface area contributed by atoms with Crippen LogP contribution in [0.5, 0.6) is 0 Å². The molecule has 0 aromatic carbocycles. The van der Waals surface area contributed by atoms with E-state index in [1.54, 1.807) is 19.4 Å². The first kappa shape index (κ1) is 12.4. The maximum atomic E-state index is 5.86. The minimum Gasteiger partial charge on any atom is -0.397 e. The summed E-state index contributed by atoms with van der Waals surface area (Å²) in [5.74, 6) is 0.817. The summed E-state index contributed by atoms with van der Waals surface area (Å²) in [4.78, 5) is 6.44. The Morgan fingerprint density at radius 3 is 3.24 bits per heavy atom. The van der Waals surface area contributed by atoms with Crippen molar-refractivity contribution in [2.45, 2.75) is 6.04 Å². The van der Waals surface area contributed by atoms with E-state index in [9.17, 15) is 0 Å². The molecule has 17 heavy (non-hydrogen) atoms. The van der Waals surface area contributed by atoms with Gasteiger partial charge in [0.1, 0.15) is 5.82 Å². The molecule has 2 heterocycles. The Labute approximate surface area is 105 Å². The average Bonchev–Trinajstić information content (AvgIpc) is 2.34. The zero-order valence-corrected chi connectivity index (χ0v) is 10.5. The lowest BCUT2D eigenvalue weighted by atomic mass is 10.2. The van der Waals surface area contributed by atoms with E-state index in [-0.39, 0.29) is 6.04 Å². The van der Waals surface area contributed by atoms with Gasteiger partial charge in [-0.1, -0.05) is 11.6 Å². The number of hydrogen-bond acceptors (Lipinski definition) is 5. The SMILES string of the molecule is COC[C@H]1COCCN1c1cc(N)c(Cl)cn1. The van der Waals surface area contributed by atoms with Crippen molar-refractivity contribution in [3.8, 4) is 0 Å². The van der Waals surface area contributed by atoms with Gasteiger partial charge < -0.3 is 20.1 Å². The fourth-order valence-corrected chi connectivity index (χ4v) is 1.99. The van der Waals surface area contributed by atoms with Gasteiger partial charge >= 0.3 is 0 Å². The van der Waals surface area contributed by atoms with Crippen molar-refractivity contribution in [2.24, 2.45) is 0 Å². The summed E-state index contributed by atoms with van der Waals surface area (Å²) in [6.45, 7) is 2.70. The zero-order valence-electron chi connectivity index (χ0n) is 9.73. The Hall–Kier alpha value is -1.04. The topological polar surface area (TPSA) is 60.6 Å². The molecule has 0 amide bonds. The maximum Gasteiger partial charge on any atom is 0.131 e. The molecule has 1 atom stereocenters. The molecule has 94 valence electrons. The van der Waals surface area contributed by atoms with Crippen molar-refractivity contribution in [3.63, 3.8) is 0 Å². The number of nitrogens with two attached hydrogens (primary N) is 1. The van der Waals surface area contributed by atoms with E-state index in [2.05, 4.69) is 9.88 Å². The first-order valence-corrected chi connectivity index (χ1v) is 5.84. The molecule has 0 saturated carbocycles. The lowest BCUT2D eigenvalue weighted by Gasteiger charge is -2.36.